The van der Waals surface area contributed by atoms with Crippen LogP contribution in [0.25, 0.3) is 0 Å². The Morgan fingerprint density at radius 1 is 0.974 bits per heavy atom. The van der Waals surface area contributed by atoms with Crippen LogP contribution in [0.3, 0.4) is 0 Å². The first-order chi connectivity index (χ1) is 18.2. The van der Waals surface area contributed by atoms with Crippen molar-refractivity contribution in [2.75, 3.05) is 26.7 Å². The number of urea groups is 1. The van der Waals surface area contributed by atoms with E-state index in [0.29, 0.717) is 25.0 Å². The third-order valence-corrected chi connectivity index (χ3v) is 7.48. The van der Waals surface area contributed by atoms with E-state index in [2.05, 4.69) is 10.6 Å². The minimum absolute atomic E-state index is 0.115. The van der Waals surface area contributed by atoms with E-state index in [9.17, 15) is 14.7 Å². The zero-order chi connectivity index (χ0) is 27.5. The summed E-state index contributed by atoms with van der Waals surface area (Å²) in [4.78, 5) is 26.9. The van der Waals surface area contributed by atoms with Gasteiger partial charge in [0.25, 0.3) is 0 Å². The molecule has 38 heavy (non-hydrogen) atoms. The van der Waals surface area contributed by atoms with Gasteiger partial charge in [-0.3, -0.25) is 9.69 Å². The second-order valence-electron chi connectivity index (χ2n) is 11.2. The molecule has 0 unspecified atom stereocenters. The monoisotopic (exact) mass is 523 g/mol. The summed E-state index contributed by atoms with van der Waals surface area (Å²) in [6, 6.07) is 18.2. The number of nitrogens with one attached hydrogen (secondary N) is 2. The van der Waals surface area contributed by atoms with E-state index in [1.54, 1.807) is 0 Å². The van der Waals surface area contributed by atoms with Gasteiger partial charge in [0.2, 0.25) is 0 Å². The van der Waals surface area contributed by atoms with Gasteiger partial charge in [-0.25, -0.2) is 4.79 Å². The first kappa shape index (κ1) is 29.7. The lowest BCUT2D eigenvalue weighted by Crippen LogP contribution is -2.54. The van der Waals surface area contributed by atoms with E-state index < -0.39 is 11.6 Å². The Labute approximate surface area is 228 Å². The van der Waals surface area contributed by atoms with Gasteiger partial charge in [0, 0.05) is 6.04 Å². The fourth-order valence-corrected chi connectivity index (χ4v) is 5.18. The Morgan fingerprint density at radius 2 is 1.53 bits per heavy atom. The number of nitrogens with zero attached hydrogens (tertiary/aromatic N) is 1. The molecule has 208 valence electrons. The largest absolute Gasteiger partial charge is 0.464 e. The van der Waals surface area contributed by atoms with Crippen LogP contribution < -0.4 is 10.6 Å². The summed E-state index contributed by atoms with van der Waals surface area (Å²) in [6.07, 6.45) is 4.97. The molecule has 3 rings (SSSR count). The van der Waals surface area contributed by atoms with Crippen molar-refractivity contribution < 1.29 is 19.4 Å². The van der Waals surface area contributed by atoms with Crippen molar-refractivity contribution >= 4 is 12.0 Å². The Bertz CT molecular complexity index is 951. The van der Waals surface area contributed by atoms with Gasteiger partial charge in [-0.15, -0.1) is 0 Å². The van der Waals surface area contributed by atoms with Crippen molar-refractivity contribution in [2.45, 2.75) is 70.6 Å². The third kappa shape index (κ3) is 8.57. The molecule has 2 aromatic carbocycles. The molecule has 7 nitrogen and oxygen atoms in total. The molecule has 7 heteroatoms. The third-order valence-electron chi connectivity index (χ3n) is 7.48. The minimum Gasteiger partial charge on any atom is -0.464 e. The standard InChI is InChI=1S/C31H45N3O4/c1-23(2)22-38-29(35)21-34(4)20-19-25-15-17-28(18-16-25)33-30(36)32-24(3)31(37,26-11-7-5-8-12-26)27-13-9-6-10-14-27/h5-14,23-25,28,37H,15-22H2,1-4H3,(H2,32,33,36)/t24-,25?,28?/m0/s1. The highest BCUT2D eigenvalue weighted by Gasteiger charge is 2.38. The molecule has 0 aromatic heterocycles. The van der Waals surface area contributed by atoms with Gasteiger partial charge in [0.05, 0.1) is 19.2 Å². The number of hydrogen-bond acceptors (Lipinski definition) is 5. The van der Waals surface area contributed by atoms with Crippen LogP contribution in [0.15, 0.2) is 60.7 Å². The van der Waals surface area contributed by atoms with Crippen LogP contribution in [0.4, 0.5) is 4.79 Å². The van der Waals surface area contributed by atoms with Crippen LogP contribution in [0, 0.1) is 11.8 Å². The molecule has 2 amide bonds. The average molecular weight is 524 g/mol. The van der Waals surface area contributed by atoms with E-state index in [-0.39, 0.29) is 18.0 Å². The normalized spacial score (nSPS) is 18.7. The SMILES string of the molecule is CC(C)COC(=O)CN(C)CCC1CCC(NC(=O)N[C@@H](C)C(O)(c2ccccc2)c2ccccc2)CC1. The van der Waals surface area contributed by atoms with Gasteiger partial charge < -0.3 is 20.5 Å². The predicted molar refractivity (Wildman–Crippen MR) is 151 cm³/mol. The smallest absolute Gasteiger partial charge is 0.320 e. The van der Waals surface area contributed by atoms with Gasteiger partial charge in [0.1, 0.15) is 5.60 Å². The molecule has 0 saturated heterocycles. The molecule has 1 aliphatic carbocycles. The molecule has 0 heterocycles. The first-order valence-electron chi connectivity index (χ1n) is 13.9. The van der Waals surface area contributed by atoms with Crippen molar-refractivity contribution in [2.24, 2.45) is 11.8 Å². The Balaban J connectivity index is 1.45. The number of rotatable bonds is 12. The summed E-state index contributed by atoms with van der Waals surface area (Å²) >= 11 is 0. The van der Waals surface area contributed by atoms with Crippen molar-refractivity contribution in [3.05, 3.63) is 71.8 Å². The number of ether oxygens (including phenoxy) is 1. The molecule has 0 bridgehead atoms. The van der Waals surface area contributed by atoms with Crippen molar-refractivity contribution in [1.82, 2.24) is 15.5 Å². The second-order valence-corrected chi connectivity index (χ2v) is 11.2. The number of carbonyl (C=O) groups is 2. The summed E-state index contributed by atoms with van der Waals surface area (Å²) in [7, 11) is 1.96. The Morgan fingerprint density at radius 3 is 2.05 bits per heavy atom. The van der Waals surface area contributed by atoms with Crippen LogP contribution in [-0.2, 0) is 15.1 Å². The maximum Gasteiger partial charge on any atom is 0.320 e. The zero-order valence-electron chi connectivity index (χ0n) is 23.4. The Kier molecular flexibility index (Phi) is 11.2. The summed E-state index contributed by atoms with van der Waals surface area (Å²) in [5.74, 6) is 0.767. The lowest BCUT2D eigenvalue weighted by molar-refractivity contribution is -0.145. The molecule has 1 fully saturated rings. The number of likely N-dealkylation sites (N-methyl/N-ethyl adjacent to an activating group) is 1. The fraction of sp³-hybridized carbons (Fsp3) is 0.548. The molecule has 0 spiro atoms. The Hall–Kier alpha value is -2.90. The second kappa shape index (κ2) is 14.3. The van der Waals surface area contributed by atoms with Gasteiger partial charge in [-0.2, -0.15) is 0 Å². The van der Waals surface area contributed by atoms with Crippen LogP contribution in [-0.4, -0.2) is 60.8 Å². The van der Waals surface area contributed by atoms with Gasteiger partial charge in [-0.1, -0.05) is 74.5 Å². The number of amides is 2. The number of carbonyl (C=O) groups excluding carboxylic acids is 2. The van der Waals surface area contributed by atoms with Crippen molar-refractivity contribution in [3.8, 4) is 0 Å². The van der Waals surface area contributed by atoms with E-state index >= 15 is 0 Å². The number of hydrogen-bond donors (Lipinski definition) is 3. The number of benzene rings is 2. The highest BCUT2D eigenvalue weighted by molar-refractivity contribution is 5.75. The summed E-state index contributed by atoms with van der Waals surface area (Å²) in [5, 5.41) is 18.0. The summed E-state index contributed by atoms with van der Waals surface area (Å²) < 4.78 is 5.27. The van der Waals surface area contributed by atoms with E-state index in [1.807, 2.05) is 93.4 Å². The van der Waals surface area contributed by atoms with E-state index in [0.717, 1.165) is 49.8 Å². The van der Waals surface area contributed by atoms with Crippen LogP contribution in [0.1, 0.15) is 64.0 Å². The maximum atomic E-state index is 12.9. The lowest BCUT2D eigenvalue weighted by Gasteiger charge is -2.36. The van der Waals surface area contributed by atoms with Crippen molar-refractivity contribution in [3.63, 3.8) is 0 Å². The maximum absolute atomic E-state index is 12.9. The highest BCUT2D eigenvalue weighted by atomic mass is 16.5. The van der Waals surface area contributed by atoms with Crippen molar-refractivity contribution in [1.29, 1.82) is 0 Å². The van der Waals surface area contributed by atoms with Gasteiger partial charge in [-0.05, 0) is 75.6 Å². The lowest BCUT2D eigenvalue weighted by atomic mass is 9.81. The quantitative estimate of drug-likeness (QED) is 0.351. The molecular weight excluding hydrogens is 478 g/mol. The molecule has 1 saturated carbocycles. The van der Waals surface area contributed by atoms with E-state index in [4.69, 9.17) is 4.74 Å². The molecule has 2 aromatic rings. The minimum atomic E-state index is -1.36. The predicted octanol–water partition coefficient (Wildman–Crippen LogP) is 4.69. The van der Waals surface area contributed by atoms with Gasteiger partial charge >= 0.3 is 12.0 Å². The summed E-state index contributed by atoms with van der Waals surface area (Å²) in [6.45, 7) is 7.54. The number of aliphatic hydroxyl groups is 1. The zero-order valence-corrected chi connectivity index (χ0v) is 23.4. The summed E-state index contributed by atoms with van der Waals surface area (Å²) in [5.41, 5.74) is 0.111. The average Bonchev–Trinajstić information content (AvgIpc) is 2.92. The van der Waals surface area contributed by atoms with E-state index in [1.165, 1.54) is 0 Å². The molecular formula is C31H45N3O4. The fourth-order valence-electron chi connectivity index (χ4n) is 5.18. The highest BCUT2D eigenvalue weighted by Crippen LogP contribution is 2.33. The molecule has 0 radical (unpaired) electrons. The molecule has 0 aliphatic heterocycles. The number of esters is 1. The molecule has 1 aliphatic rings. The van der Waals surface area contributed by atoms with Crippen LogP contribution in [0.5, 0.6) is 0 Å². The topological polar surface area (TPSA) is 90.9 Å². The molecule has 1 atom stereocenters. The van der Waals surface area contributed by atoms with Crippen LogP contribution in [0.2, 0.25) is 0 Å². The molecule has 3 N–H and O–H groups in total. The van der Waals surface area contributed by atoms with Gasteiger partial charge in [0.15, 0.2) is 0 Å². The van der Waals surface area contributed by atoms with Crippen LogP contribution >= 0.6 is 0 Å². The first-order valence-corrected chi connectivity index (χ1v) is 13.9.